The number of aromatic nitrogens is 4. The van der Waals surface area contributed by atoms with E-state index in [1.54, 1.807) is 0 Å². The first kappa shape index (κ1) is 6.46. The predicted octanol–water partition coefficient (Wildman–Crippen LogP) is -2.03. The van der Waals surface area contributed by atoms with E-state index in [1.807, 2.05) is 0 Å². The number of rotatable bonds is 2. The topological polar surface area (TPSA) is 119 Å². The highest BCUT2D eigenvalue weighted by Gasteiger charge is 1.93. The number of hydrogen-bond acceptors (Lipinski definition) is 4. The van der Waals surface area contributed by atoms with Gasteiger partial charge in [0.15, 0.2) is 11.8 Å². The molecule has 0 saturated carbocycles. The zero-order valence-corrected chi connectivity index (χ0v) is 5.15. The van der Waals surface area contributed by atoms with Crippen molar-refractivity contribution in [2.24, 2.45) is 16.5 Å². The van der Waals surface area contributed by atoms with Gasteiger partial charge in [-0.05, 0) is 0 Å². The second-order valence-corrected chi connectivity index (χ2v) is 1.57. The Morgan fingerprint density at radius 1 is 1.60 bits per heavy atom. The highest BCUT2D eigenvalue weighted by atomic mass is 15.5. The Bertz CT molecular complexity index is 207. The fraction of sp³-hybridized carbons (Fsp3) is 0.333. The summed E-state index contributed by atoms with van der Waals surface area (Å²) >= 11 is 0. The van der Waals surface area contributed by atoms with Crippen LogP contribution in [0.1, 0.15) is 5.82 Å². The van der Waals surface area contributed by atoms with E-state index in [0.29, 0.717) is 5.82 Å². The van der Waals surface area contributed by atoms with Crippen molar-refractivity contribution in [1.29, 1.82) is 0 Å². The summed E-state index contributed by atoms with van der Waals surface area (Å²) in [7, 11) is 0. The molecule has 0 unspecified atom stereocenters. The zero-order chi connectivity index (χ0) is 7.40. The van der Waals surface area contributed by atoms with Crippen LogP contribution < -0.4 is 11.5 Å². The van der Waals surface area contributed by atoms with Crippen molar-refractivity contribution in [2.75, 3.05) is 0 Å². The number of H-pyrrole nitrogens is 1. The Morgan fingerprint density at radius 2 is 2.40 bits per heavy atom. The maximum Gasteiger partial charge on any atom is 0.196 e. The van der Waals surface area contributed by atoms with Crippen LogP contribution in [-0.4, -0.2) is 26.6 Å². The lowest BCUT2D eigenvalue weighted by Crippen LogP contribution is -2.22. The van der Waals surface area contributed by atoms with Crippen molar-refractivity contribution in [1.82, 2.24) is 20.6 Å². The molecule has 1 heterocycles. The fourth-order valence-electron chi connectivity index (χ4n) is 0.411. The second-order valence-electron chi connectivity index (χ2n) is 1.57. The van der Waals surface area contributed by atoms with E-state index in [4.69, 9.17) is 11.5 Å². The molecule has 0 radical (unpaired) electrons. The largest absolute Gasteiger partial charge is 0.370 e. The Hall–Kier alpha value is -1.66. The zero-order valence-electron chi connectivity index (χ0n) is 5.15. The average molecular weight is 141 g/mol. The van der Waals surface area contributed by atoms with Gasteiger partial charge in [-0.3, -0.25) is 0 Å². The number of tetrazole rings is 1. The Morgan fingerprint density at radius 3 is 2.90 bits per heavy atom. The first-order valence-electron chi connectivity index (χ1n) is 2.57. The summed E-state index contributed by atoms with van der Waals surface area (Å²) in [5, 5.41) is 12.8. The van der Waals surface area contributed by atoms with E-state index in [0.717, 1.165) is 0 Å². The summed E-state index contributed by atoms with van der Waals surface area (Å²) in [5.41, 5.74) is 10.1. The van der Waals surface area contributed by atoms with Crippen LogP contribution in [0.25, 0.3) is 0 Å². The average Bonchev–Trinajstić information content (AvgIpc) is 2.34. The molecule has 5 N–H and O–H groups in total. The first-order valence-corrected chi connectivity index (χ1v) is 2.57. The van der Waals surface area contributed by atoms with Crippen molar-refractivity contribution in [3.8, 4) is 0 Å². The van der Waals surface area contributed by atoms with Crippen LogP contribution in [-0.2, 0) is 6.54 Å². The van der Waals surface area contributed by atoms with Crippen molar-refractivity contribution in [3.63, 3.8) is 0 Å². The summed E-state index contributed by atoms with van der Waals surface area (Å²) in [4.78, 5) is 3.65. The highest BCUT2D eigenvalue weighted by Crippen LogP contribution is 1.84. The number of guanidine groups is 1. The van der Waals surface area contributed by atoms with Crippen LogP contribution in [0.4, 0.5) is 0 Å². The van der Waals surface area contributed by atoms with Gasteiger partial charge in [-0.2, -0.15) is 5.21 Å². The quantitative estimate of drug-likeness (QED) is 0.324. The monoisotopic (exact) mass is 141 g/mol. The third-order valence-electron chi connectivity index (χ3n) is 0.792. The molecule has 0 aliphatic carbocycles. The van der Waals surface area contributed by atoms with Gasteiger partial charge in [0.1, 0.15) is 6.54 Å². The van der Waals surface area contributed by atoms with Crippen LogP contribution in [0.5, 0.6) is 0 Å². The smallest absolute Gasteiger partial charge is 0.196 e. The minimum atomic E-state index is 0.0183. The van der Waals surface area contributed by atoms with Gasteiger partial charge < -0.3 is 11.5 Å². The standard InChI is InChI=1S/C3H7N7/c4-3(5)6-1-2-7-9-10-8-2/h1H2,(H4,4,5,6)(H,7,8,9,10). The van der Waals surface area contributed by atoms with Crippen molar-refractivity contribution in [3.05, 3.63) is 5.82 Å². The molecule has 1 rings (SSSR count). The predicted molar refractivity (Wildman–Crippen MR) is 33.7 cm³/mol. The van der Waals surface area contributed by atoms with E-state index in [-0.39, 0.29) is 12.5 Å². The molecule has 1 aromatic rings. The summed E-state index contributed by atoms with van der Waals surface area (Å²) < 4.78 is 0. The van der Waals surface area contributed by atoms with E-state index < -0.39 is 0 Å². The van der Waals surface area contributed by atoms with Gasteiger partial charge in [0, 0.05) is 0 Å². The van der Waals surface area contributed by atoms with Gasteiger partial charge >= 0.3 is 0 Å². The lowest BCUT2D eigenvalue weighted by Gasteiger charge is -1.86. The van der Waals surface area contributed by atoms with E-state index >= 15 is 0 Å². The number of aromatic amines is 1. The number of nitrogens with zero attached hydrogens (tertiary/aromatic N) is 4. The first-order chi connectivity index (χ1) is 4.79. The van der Waals surface area contributed by atoms with E-state index in [9.17, 15) is 0 Å². The maximum absolute atomic E-state index is 5.05. The third kappa shape index (κ3) is 1.69. The SMILES string of the molecule is NC(N)=NCc1nn[nH]n1. The highest BCUT2D eigenvalue weighted by molar-refractivity contribution is 5.75. The normalized spacial score (nSPS) is 9.20. The summed E-state index contributed by atoms with van der Waals surface area (Å²) in [5.74, 6) is 0.484. The van der Waals surface area contributed by atoms with Crippen LogP contribution >= 0.6 is 0 Å². The van der Waals surface area contributed by atoms with Gasteiger partial charge in [-0.15, -0.1) is 10.2 Å². The molecule has 0 aliphatic rings. The molecule has 10 heavy (non-hydrogen) atoms. The Kier molecular flexibility index (Phi) is 1.78. The minimum Gasteiger partial charge on any atom is -0.370 e. The van der Waals surface area contributed by atoms with E-state index in [2.05, 4.69) is 25.6 Å². The molecule has 0 saturated heterocycles. The summed E-state index contributed by atoms with van der Waals surface area (Å²) in [6.07, 6.45) is 0. The van der Waals surface area contributed by atoms with Gasteiger partial charge in [0.05, 0.1) is 0 Å². The van der Waals surface area contributed by atoms with Crippen LogP contribution in [0.15, 0.2) is 4.99 Å². The molecular formula is C3H7N7. The lowest BCUT2D eigenvalue weighted by molar-refractivity contribution is 0.881. The molecule has 0 atom stereocenters. The van der Waals surface area contributed by atoms with Crippen LogP contribution in [0.2, 0.25) is 0 Å². The lowest BCUT2D eigenvalue weighted by atomic mass is 10.6. The van der Waals surface area contributed by atoms with Gasteiger partial charge in [0.2, 0.25) is 0 Å². The van der Waals surface area contributed by atoms with Gasteiger partial charge in [-0.25, -0.2) is 4.99 Å². The summed E-state index contributed by atoms with van der Waals surface area (Å²) in [6, 6.07) is 0. The molecule has 0 fully saturated rings. The number of nitrogens with two attached hydrogens (primary N) is 2. The molecular weight excluding hydrogens is 134 g/mol. The number of hydrogen-bond donors (Lipinski definition) is 3. The number of aliphatic imine (C=N–C) groups is 1. The molecule has 0 aromatic carbocycles. The van der Waals surface area contributed by atoms with Crippen LogP contribution in [0, 0.1) is 0 Å². The Balaban J connectivity index is 2.49. The van der Waals surface area contributed by atoms with Gasteiger partial charge in [-0.1, -0.05) is 5.21 Å². The maximum atomic E-state index is 5.05. The van der Waals surface area contributed by atoms with E-state index in [1.165, 1.54) is 0 Å². The Labute approximate surface area is 56.5 Å². The van der Waals surface area contributed by atoms with Crippen molar-refractivity contribution in [2.45, 2.75) is 6.54 Å². The molecule has 0 amide bonds. The summed E-state index contributed by atoms with van der Waals surface area (Å²) in [6.45, 7) is 0.263. The molecule has 0 aliphatic heterocycles. The van der Waals surface area contributed by atoms with Crippen molar-refractivity contribution < 1.29 is 0 Å². The third-order valence-corrected chi connectivity index (χ3v) is 0.792. The molecule has 0 spiro atoms. The number of nitrogens with one attached hydrogen (secondary N) is 1. The van der Waals surface area contributed by atoms with Crippen LogP contribution in [0.3, 0.4) is 0 Å². The minimum absolute atomic E-state index is 0.0183. The molecule has 0 bridgehead atoms. The molecule has 7 heteroatoms. The molecule has 54 valence electrons. The second kappa shape index (κ2) is 2.76. The fourth-order valence-corrected chi connectivity index (χ4v) is 0.411. The van der Waals surface area contributed by atoms with Gasteiger partial charge in [0.25, 0.3) is 0 Å². The molecule has 1 aromatic heterocycles. The van der Waals surface area contributed by atoms with Crippen molar-refractivity contribution >= 4 is 5.96 Å². The molecule has 7 nitrogen and oxygen atoms in total.